The number of rotatable bonds is 5. The van der Waals surface area contributed by atoms with Gasteiger partial charge in [-0.3, -0.25) is 4.79 Å². The maximum atomic E-state index is 11.7. The van der Waals surface area contributed by atoms with Crippen LogP contribution in [-0.2, 0) is 4.79 Å². The van der Waals surface area contributed by atoms with Gasteiger partial charge in [0.2, 0.25) is 0 Å². The molecule has 0 amide bonds. The second-order valence-electron chi connectivity index (χ2n) is 5.21. The van der Waals surface area contributed by atoms with Crippen molar-refractivity contribution < 1.29 is 4.79 Å². The van der Waals surface area contributed by atoms with Gasteiger partial charge in [0.25, 0.3) is 0 Å². The fourth-order valence-corrected chi connectivity index (χ4v) is 2.87. The lowest BCUT2D eigenvalue weighted by Gasteiger charge is -2.26. The number of hydrogen-bond donors (Lipinski definition) is 0. The minimum absolute atomic E-state index is 0.322. The molecule has 0 saturated heterocycles. The zero-order chi connectivity index (χ0) is 13.0. The van der Waals surface area contributed by atoms with E-state index in [-0.39, 0.29) is 0 Å². The Bertz CT molecular complexity index is 413. The number of aryl methyl sites for hydroxylation is 1. The lowest BCUT2D eigenvalue weighted by atomic mass is 10.0. The number of carbonyl (C=O) groups is 1. The SMILES string of the molecule is CCN(CCC1CCCC1=O)c1ccccc1C. The first-order chi connectivity index (χ1) is 8.72. The molecule has 1 saturated carbocycles. The van der Waals surface area contributed by atoms with Crippen molar-refractivity contribution in [2.45, 2.75) is 39.5 Å². The molecule has 2 rings (SSSR count). The number of para-hydroxylation sites is 1. The van der Waals surface area contributed by atoms with E-state index < -0.39 is 0 Å². The van der Waals surface area contributed by atoms with Crippen LogP contribution in [0.25, 0.3) is 0 Å². The van der Waals surface area contributed by atoms with Crippen molar-refractivity contribution in [3.63, 3.8) is 0 Å². The van der Waals surface area contributed by atoms with Crippen molar-refractivity contribution in [3.8, 4) is 0 Å². The number of nitrogens with zero attached hydrogens (tertiary/aromatic N) is 1. The highest BCUT2D eigenvalue weighted by molar-refractivity contribution is 5.82. The van der Waals surface area contributed by atoms with Crippen LogP contribution < -0.4 is 4.90 Å². The van der Waals surface area contributed by atoms with Gasteiger partial charge in [-0.1, -0.05) is 18.2 Å². The van der Waals surface area contributed by atoms with Crippen LogP contribution in [0.15, 0.2) is 24.3 Å². The van der Waals surface area contributed by atoms with Crippen molar-refractivity contribution in [1.82, 2.24) is 0 Å². The van der Waals surface area contributed by atoms with E-state index >= 15 is 0 Å². The first-order valence-electron chi connectivity index (χ1n) is 7.05. The monoisotopic (exact) mass is 245 g/mol. The molecule has 98 valence electrons. The van der Waals surface area contributed by atoms with Gasteiger partial charge in [-0.15, -0.1) is 0 Å². The smallest absolute Gasteiger partial charge is 0.136 e. The molecule has 1 aromatic rings. The van der Waals surface area contributed by atoms with Gasteiger partial charge in [0.05, 0.1) is 0 Å². The zero-order valence-corrected chi connectivity index (χ0v) is 11.5. The van der Waals surface area contributed by atoms with Crippen LogP contribution in [0.5, 0.6) is 0 Å². The number of anilines is 1. The molecule has 0 radical (unpaired) electrons. The minimum Gasteiger partial charge on any atom is -0.372 e. The third-order valence-electron chi connectivity index (χ3n) is 4.02. The largest absolute Gasteiger partial charge is 0.372 e. The van der Waals surface area contributed by atoms with Gasteiger partial charge in [-0.25, -0.2) is 0 Å². The lowest BCUT2D eigenvalue weighted by Crippen LogP contribution is -2.27. The highest BCUT2D eigenvalue weighted by Crippen LogP contribution is 2.26. The Morgan fingerprint density at radius 1 is 1.33 bits per heavy atom. The standard InChI is InChI=1S/C16H23NO/c1-3-17(15-9-5-4-7-13(15)2)12-11-14-8-6-10-16(14)18/h4-5,7,9,14H,3,6,8,10-12H2,1-2H3. The summed E-state index contributed by atoms with van der Waals surface area (Å²) in [6, 6.07) is 8.49. The minimum atomic E-state index is 0.322. The molecule has 1 atom stereocenters. The number of ketones is 1. The zero-order valence-electron chi connectivity index (χ0n) is 11.5. The molecule has 1 unspecified atom stereocenters. The van der Waals surface area contributed by atoms with E-state index in [9.17, 15) is 4.79 Å². The van der Waals surface area contributed by atoms with Crippen LogP contribution in [0.4, 0.5) is 5.69 Å². The van der Waals surface area contributed by atoms with E-state index in [0.717, 1.165) is 38.8 Å². The molecule has 0 aliphatic heterocycles. The normalized spacial score (nSPS) is 19.2. The fourth-order valence-electron chi connectivity index (χ4n) is 2.87. The van der Waals surface area contributed by atoms with Gasteiger partial charge in [0, 0.05) is 31.1 Å². The number of carbonyl (C=O) groups excluding carboxylic acids is 1. The molecular weight excluding hydrogens is 222 g/mol. The van der Waals surface area contributed by atoms with Crippen molar-refractivity contribution in [2.75, 3.05) is 18.0 Å². The molecule has 2 nitrogen and oxygen atoms in total. The van der Waals surface area contributed by atoms with Crippen molar-refractivity contribution in [1.29, 1.82) is 0 Å². The number of benzene rings is 1. The van der Waals surface area contributed by atoms with Crippen LogP contribution in [0.1, 0.15) is 38.2 Å². The third kappa shape index (κ3) is 2.92. The van der Waals surface area contributed by atoms with E-state index in [0.29, 0.717) is 11.7 Å². The topological polar surface area (TPSA) is 20.3 Å². The molecule has 0 N–H and O–H groups in total. The quantitative estimate of drug-likeness (QED) is 0.790. The average Bonchev–Trinajstić information content (AvgIpc) is 2.78. The highest BCUT2D eigenvalue weighted by atomic mass is 16.1. The second kappa shape index (κ2) is 6.03. The van der Waals surface area contributed by atoms with E-state index in [1.165, 1.54) is 11.3 Å². The van der Waals surface area contributed by atoms with Crippen LogP contribution in [0, 0.1) is 12.8 Å². The summed E-state index contributed by atoms with van der Waals surface area (Å²) in [5.74, 6) is 0.805. The number of hydrogen-bond acceptors (Lipinski definition) is 2. The van der Waals surface area contributed by atoms with E-state index in [2.05, 4.69) is 43.0 Å². The molecule has 1 aliphatic rings. The summed E-state index contributed by atoms with van der Waals surface area (Å²) in [5.41, 5.74) is 2.63. The average molecular weight is 245 g/mol. The van der Waals surface area contributed by atoms with E-state index in [1.807, 2.05) is 0 Å². The second-order valence-corrected chi connectivity index (χ2v) is 5.21. The molecule has 2 heteroatoms. The summed E-state index contributed by atoms with van der Waals surface area (Å²) < 4.78 is 0. The van der Waals surface area contributed by atoms with Gasteiger partial charge in [0.1, 0.15) is 5.78 Å². The van der Waals surface area contributed by atoms with Crippen molar-refractivity contribution in [2.24, 2.45) is 5.92 Å². The van der Waals surface area contributed by atoms with Crippen molar-refractivity contribution in [3.05, 3.63) is 29.8 Å². The molecular formula is C16H23NO. The molecule has 1 aliphatic carbocycles. The molecule has 0 aromatic heterocycles. The fraction of sp³-hybridized carbons (Fsp3) is 0.562. The van der Waals surface area contributed by atoms with Gasteiger partial charge in [-0.05, 0) is 44.7 Å². The Hall–Kier alpha value is -1.31. The summed E-state index contributed by atoms with van der Waals surface area (Å²) in [6.45, 7) is 6.34. The highest BCUT2D eigenvalue weighted by Gasteiger charge is 2.24. The summed E-state index contributed by atoms with van der Waals surface area (Å²) in [6.07, 6.45) is 4.02. The predicted octanol–water partition coefficient (Wildman–Crippen LogP) is 3.58. The summed E-state index contributed by atoms with van der Waals surface area (Å²) in [4.78, 5) is 14.0. The Morgan fingerprint density at radius 3 is 2.72 bits per heavy atom. The third-order valence-corrected chi connectivity index (χ3v) is 4.02. The Kier molecular flexibility index (Phi) is 4.40. The summed E-state index contributed by atoms with van der Waals surface area (Å²) in [5, 5.41) is 0. The molecule has 0 spiro atoms. The molecule has 0 heterocycles. The predicted molar refractivity (Wildman–Crippen MR) is 76.0 cm³/mol. The van der Waals surface area contributed by atoms with E-state index in [4.69, 9.17) is 0 Å². The van der Waals surface area contributed by atoms with Crippen LogP contribution in [0.3, 0.4) is 0 Å². The maximum absolute atomic E-state index is 11.7. The Balaban J connectivity index is 1.97. The first kappa shape index (κ1) is 13.1. The number of Topliss-reactive ketones (excluding diaryl/α,β-unsaturated/α-hetero) is 1. The van der Waals surface area contributed by atoms with Crippen molar-refractivity contribution >= 4 is 11.5 Å². The first-order valence-corrected chi connectivity index (χ1v) is 7.05. The molecule has 18 heavy (non-hydrogen) atoms. The summed E-state index contributed by atoms with van der Waals surface area (Å²) in [7, 11) is 0. The summed E-state index contributed by atoms with van der Waals surface area (Å²) >= 11 is 0. The molecule has 1 fully saturated rings. The Morgan fingerprint density at radius 2 is 2.11 bits per heavy atom. The molecule has 0 bridgehead atoms. The van der Waals surface area contributed by atoms with Gasteiger partial charge >= 0.3 is 0 Å². The maximum Gasteiger partial charge on any atom is 0.136 e. The lowest BCUT2D eigenvalue weighted by molar-refractivity contribution is -0.120. The Labute approximate surface area is 110 Å². The van der Waals surface area contributed by atoms with Crippen LogP contribution in [0.2, 0.25) is 0 Å². The van der Waals surface area contributed by atoms with E-state index in [1.54, 1.807) is 0 Å². The van der Waals surface area contributed by atoms with Gasteiger partial charge in [-0.2, -0.15) is 0 Å². The van der Waals surface area contributed by atoms with Crippen LogP contribution >= 0.6 is 0 Å². The molecule has 1 aromatic carbocycles. The van der Waals surface area contributed by atoms with Crippen LogP contribution in [-0.4, -0.2) is 18.9 Å². The van der Waals surface area contributed by atoms with Gasteiger partial charge < -0.3 is 4.90 Å². The van der Waals surface area contributed by atoms with Gasteiger partial charge in [0.15, 0.2) is 0 Å².